The minimum Gasteiger partial charge on any atom is -0.396 e. The van der Waals surface area contributed by atoms with Crippen LogP contribution in [-0.4, -0.2) is 68.6 Å². The number of aromatic nitrogens is 4. The van der Waals surface area contributed by atoms with Crippen molar-refractivity contribution in [3.8, 4) is 0 Å². The van der Waals surface area contributed by atoms with Gasteiger partial charge in [0, 0.05) is 51.1 Å². The second kappa shape index (κ2) is 7.44. The summed E-state index contributed by atoms with van der Waals surface area (Å²) in [6.45, 7) is 3.15. The van der Waals surface area contributed by atoms with Crippen LogP contribution >= 0.6 is 0 Å². The molecule has 1 amide bonds. The van der Waals surface area contributed by atoms with Crippen LogP contribution in [0, 0.1) is 5.92 Å². The number of imidazole rings is 1. The van der Waals surface area contributed by atoms with Gasteiger partial charge in [-0.3, -0.25) is 9.78 Å². The number of aromatic amines is 1. The molecule has 1 atom stereocenters. The maximum absolute atomic E-state index is 12.8. The zero-order valence-electron chi connectivity index (χ0n) is 16.2. The average Bonchev–Trinajstić information content (AvgIpc) is 3.17. The van der Waals surface area contributed by atoms with Gasteiger partial charge < -0.3 is 19.9 Å². The van der Waals surface area contributed by atoms with Gasteiger partial charge in [-0.1, -0.05) is 12.1 Å². The number of H-pyrrole nitrogens is 1. The highest BCUT2D eigenvalue weighted by molar-refractivity contribution is 5.94. The summed E-state index contributed by atoms with van der Waals surface area (Å²) in [5.74, 6) is 1.64. The fourth-order valence-electron chi connectivity index (χ4n) is 4.30. The first-order chi connectivity index (χ1) is 14.2. The second-order valence-electron chi connectivity index (χ2n) is 7.91. The average molecular weight is 392 g/mol. The van der Waals surface area contributed by atoms with Crippen LogP contribution in [0.3, 0.4) is 0 Å². The number of amides is 1. The Hall–Kier alpha value is -3.00. The number of hydrogen-bond acceptors (Lipinski definition) is 6. The lowest BCUT2D eigenvalue weighted by Crippen LogP contribution is -2.49. The highest BCUT2D eigenvalue weighted by Gasteiger charge is 2.37. The van der Waals surface area contributed by atoms with Gasteiger partial charge in [0.15, 0.2) is 11.6 Å². The van der Waals surface area contributed by atoms with E-state index in [0.29, 0.717) is 18.9 Å². The van der Waals surface area contributed by atoms with Gasteiger partial charge in [-0.25, -0.2) is 9.97 Å². The molecule has 1 aromatic carbocycles. The summed E-state index contributed by atoms with van der Waals surface area (Å²) in [5.41, 5.74) is 2.61. The number of piperidine rings is 1. The van der Waals surface area contributed by atoms with Crippen LogP contribution in [0.25, 0.3) is 11.0 Å². The predicted molar refractivity (Wildman–Crippen MR) is 109 cm³/mol. The van der Waals surface area contributed by atoms with Crippen LogP contribution < -0.4 is 4.90 Å². The van der Waals surface area contributed by atoms with Gasteiger partial charge in [0.25, 0.3) is 5.91 Å². The van der Waals surface area contributed by atoms with E-state index in [1.165, 1.54) is 0 Å². The number of anilines is 1. The Morgan fingerprint density at radius 3 is 2.83 bits per heavy atom. The molecule has 3 aromatic rings. The van der Waals surface area contributed by atoms with Crippen molar-refractivity contribution in [2.24, 2.45) is 5.92 Å². The Bertz CT molecular complexity index is 996. The summed E-state index contributed by atoms with van der Waals surface area (Å²) < 4.78 is 0. The first-order valence-corrected chi connectivity index (χ1v) is 10.1. The van der Waals surface area contributed by atoms with Crippen LogP contribution in [0.5, 0.6) is 0 Å². The highest BCUT2D eigenvalue weighted by Crippen LogP contribution is 2.33. The molecule has 0 aliphatic carbocycles. The normalized spacial score (nSPS) is 20.1. The molecule has 2 aliphatic rings. The smallest absolute Gasteiger partial charge is 0.289 e. The third-order valence-corrected chi connectivity index (χ3v) is 5.93. The van der Waals surface area contributed by atoms with Crippen LogP contribution in [-0.2, 0) is 0 Å². The van der Waals surface area contributed by atoms with Crippen molar-refractivity contribution in [1.29, 1.82) is 0 Å². The number of aliphatic hydroxyl groups excluding tert-OH is 1. The molecule has 2 aromatic heterocycles. The van der Waals surface area contributed by atoms with Crippen molar-refractivity contribution in [2.75, 3.05) is 37.7 Å². The fourth-order valence-corrected chi connectivity index (χ4v) is 4.30. The molecule has 2 saturated heterocycles. The van der Waals surface area contributed by atoms with Crippen molar-refractivity contribution >= 4 is 22.8 Å². The second-order valence-corrected chi connectivity index (χ2v) is 7.91. The summed E-state index contributed by atoms with van der Waals surface area (Å²) in [7, 11) is 0. The number of nitrogens with one attached hydrogen (secondary N) is 1. The van der Waals surface area contributed by atoms with Crippen molar-refractivity contribution in [2.45, 2.75) is 18.8 Å². The molecule has 8 nitrogen and oxygen atoms in total. The van der Waals surface area contributed by atoms with E-state index in [-0.39, 0.29) is 24.3 Å². The summed E-state index contributed by atoms with van der Waals surface area (Å²) >= 11 is 0. The lowest BCUT2D eigenvalue weighted by atomic mass is 9.94. The van der Waals surface area contributed by atoms with Crippen LogP contribution in [0.4, 0.5) is 5.82 Å². The number of fused-ring (bicyclic) bond motifs is 1. The number of aliphatic hydroxyl groups is 1. The van der Waals surface area contributed by atoms with E-state index < -0.39 is 0 Å². The van der Waals surface area contributed by atoms with Gasteiger partial charge in [-0.05, 0) is 30.9 Å². The molecule has 29 heavy (non-hydrogen) atoms. The summed E-state index contributed by atoms with van der Waals surface area (Å²) in [6.07, 6.45) is 5.53. The molecule has 0 bridgehead atoms. The summed E-state index contributed by atoms with van der Waals surface area (Å²) in [5, 5.41) is 9.53. The number of hydrogen-bond donors (Lipinski definition) is 2. The van der Waals surface area contributed by atoms with Gasteiger partial charge in [0.1, 0.15) is 0 Å². The molecule has 0 spiro atoms. The minimum absolute atomic E-state index is 0.0822. The first kappa shape index (κ1) is 18.1. The maximum Gasteiger partial charge on any atom is 0.289 e. The van der Waals surface area contributed by atoms with Gasteiger partial charge in [0.2, 0.25) is 0 Å². The Morgan fingerprint density at radius 2 is 2.00 bits per heavy atom. The molecular weight excluding hydrogens is 368 g/mol. The Labute approximate surface area is 168 Å². The fraction of sp³-hybridized carbons (Fsp3) is 0.429. The number of rotatable bonds is 4. The van der Waals surface area contributed by atoms with Crippen molar-refractivity contribution in [3.63, 3.8) is 0 Å². The molecule has 8 heteroatoms. The number of carbonyl (C=O) groups excluding carboxylic acids is 1. The van der Waals surface area contributed by atoms with E-state index in [4.69, 9.17) is 0 Å². The van der Waals surface area contributed by atoms with Crippen molar-refractivity contribution in [1.82, 2.24) is 24.8 Å². The van der Waals surface area contributed by atoms with Gasteiger partial charge in [-0.2, -0.15) is 0 Å². The lowest BCUT2D eigenvalue weighted by Gasteiger charge is -2.40. The molecule has 0 unspecified atom stereocenters. The summed E-state index contributed by atoms with van der Waals surface area (Å²) in [6, 6.07) is 7.65. The molecule has 150 valence electrons. The number of para-hydroxylation sites is 2. The van der Waals surface area contributed by atoms with Crippen molar-refractivity contribution < 1.29 is 9.90 Å². The number of carbonyl (C=O) groups is 1. The molecule has 5 rings (SSSR count). The molecule has 2 aliphatic heterocycles. The molecule has 2 fully saturated rings. The third-order valence-electron chi connectivity index (χ3n) is 5.93. The first-order valence-electron chi connectivity index (χ1n) is 10.1. The maximum atomic E-state index is 12.8. The molecule has 0 saturated carbocycles. The number of benzene rings is 1. The Morgan fingerprint density at radius 1 is 1.17 bits per heavy atom. The van der Waals surface area contributed by atoms with E-state index in [2.05, 4.69) is 24.8 Å². The Balaban J connectivity index is 1.30. The Kier molecular flexibility index (Phi) is 4.63. The summed E-state index contributed by atoms with van der Waals surface area (Å²) in [4.78, 5) is 33.5. The molecule has 2 N–H and O–H groups in total. The van der Waals surface area contributed by atoms with Gasteiger partial charge in [0.05, 0.1) is 16.7 Å². The quantitative estimate of drug-likeness (QED) is 0.703. The van der Waals surface area contributed by atoms with E-state index in [9.17, 15) is 9.90 Å². The van der Waals surface area contributed by atoms with Gasteiger partial charge >= 0.3 is 0 Å². The largest absolute Gasteiger partial charge is 0.396 e. The monoisotopic (exact) mass is 392 g/mol. The van der Waals surface area contributed by atoms with Crippen LogP contribution in [0.2, 0.25) is 0 Å². The van der Waals surface area contributed by atoms with Crippen LogP contribution in [0.15, 0.2) is 36.7 Å². The van der Waals surface area contributed by atoms with Crippen molar-refractivity contribution in [3.05, 3.63) is 48.2 Å². The standard InChI is InChI=1S/C21H24N6O2/c28-13-14-4-3-9-26(10-14)20-18(22-7-8-23-20)15-11-27(12-15)21(29)19-24-16-5-1-2-6-17(16)25-19/h1-2,5-8,14-15,28H,3-4,9-13H2,(H,24,25)/t14-/m0/s1. The van der Waals surface area contributed by atoms with Crippen LogP contribution in [0.1, 0.15) is 35.1 Å². The topological polar surface area (TPSA) is 98.2 Å². The van der Waals surface area contributed by atoms with E-state index in [0.717, 1.165) is 48.5 Å². The number of likely N-dealkylation sites (tertiary alicyclic amines) is 1. The molecule has 4 heterocycles. The van der Waals surface area contributed by atoms with E-state index in [1.807, 2.05) is 24.3 Å². The van der Waals surface area contributed by atoms with E-state index in [1.54, 1.807) is 17.3 Å². The highest BCUT2D eigenvalue weighted by atomic mass is 16.3. The SMILES string of the molecule is O=C(c1nc2ccccc2[nH]1)N1CC(c2nccnc2N2CCC[C@H](CO)C2)C1. The number of nitrogens with zero attached hydrogens (tertiary/aromatic N) is 5. The van der Waals surface area contributed by atoms with Gasteiger partial charge in [-0.15, -0.1) is 0 Å². The minimum atomic E-state index is -0.0822. The lowest BCUT2D eigenvalue weighted by molar-refractivity contribution is 0.0587. The molecule has 0 radical (unpaired) electrons. The zero-order valence-corrected chi connectivity index (χ0v) is 16.2. The zero-order chi connectivity index (χ0) is 19.8. The molecular formula is C21H24N6O2. The third kappa shape index (κ3) is 3.33. The predicted octanol–water partition coefficient (Wildman–Crippen LogP) is 1.80. The van der Waals surface area contributed by atoms with E-state index >= 15 is 0 Å².